The normalized spacial score (nSPS) is 11.8. The topological polar surface area (TPSA) is 113 Å². The average molecular weight is 348 g/mol. The van der Waals surface area contributed by atoms with Gasteiger partial charge in [-0.2, -0.15) is 5.26 Å². The van der Waals surface area contributed by atoms with Crippen LogP contribution in [0.3, 0.4) is 0 Å². The summed E-state index contributed by atoms with van der Waals surface area (Å²) in [5, 5.41) is 15.0. The smallest absolute Gasteiger partial charge is 0.407 e. The van der Waals surface area contributed by atoms with Crippen LogP contribution in [0.25, 0.3) is 0 Å². The number of aromatic nitrogens is 1. The molecule has 1 aromatic heterocycles. The Morgan fingerprint density at radius 3 is 2.60 bits per heavy atom. The Bertz CT molecular complexity index is 662. The van der Waals surface area contributed by atoms with Crippen LogP contribution in [0.15, 0.2) is 12.1 Å². The molecule has 2 N–H and O–H groups in total. The van der Waals surface area contributed by atoms with Crippen molar-refractivity contribution in [2.24, 2.45) is 0 Å². The minimum Gasteiger partial charge on any atom is -0.464 e. The van der Waals surface area contributed by atoms with Gasteiger partial charge in [0.05, 0.1) is 12.8 Å². The minimum atomic E-state index is -0.599. The van der Waals surface area contributed by atoms with Gasteiger partial charge in [-0.25, -0.2) is 14.6 Å². The molecule has 1 atom stereocenters. The lowest BCUT2D eigenvalue weighted by molar-refractivity contribution is 0.0506. The van der Waals surface area contributed by atoms with Crippen LogP contribution in [-0.4, -0.2) is 42.3 Å². The molecule has 0 bridgehead atoms. The molecule has 1 amide bonds. The summed E-state index contributed by atoms with van der Waals surface area (Å²) >= 11 is 0. The van der Waals surface area contributed by atoms with Gasteiger partial charge in [-0.1, -0.05) is 0 Å². The quantitative estimate of drug-likeness (QED) is 0.759. The van der Waals surface area contributed by atoms with Crippen molar-refractivity contribution in [2.75, 3.05) is 19.0 Å². The molecular formula is C17H24N4O4. The lowest BCUT2D eigenvalue weighted by atomic mass is 10.2. The third kappa shape index (κ3) is 7.08. The SMILES string of the molecule is COC(=O)c1ccc(NCC[C@@H](C)NC(=O)OC(C)(C)C)c(C#N)n1. The molecule has 1 heterocycles. The van der Waals surface area contributed by atoms with Crippen LogP contribution < -0.4 is 10.6 Å². The first-order chi connectivity index (χ1) is 11.7. The monoisotopic (exact) mass is 348 g/mol. The van der Waals surface area contributed by atoms with E-state index in [1.54, 1.807) is 26.8 Å². The number of esters is 1. The molecule has 136 valence electrons. The highest BCUT2D eigenvalue weighted by atomic mass is 16.6. The first-order valence-corrected chi connectivity index (χ1v) is 7.89. The first-order valence-electron chi connectivity index (χ1n) is 7.89. The van der Waals surface area contributed by atoms with Crippen LogP contribution in [0.5, 0.6) is 0 Å². The molecule has 8 heteroatoms. The van der Waals surface area contributed by atoms with Gasteiger partial charge in [-0.05, 0) is 46.2 Å². The number of nitrogens with one attached hydrogen (secondary N) is 2. The van der Waals surface area contributed by atoms with Gasteiger partial charge in [0.2, 0.25) is 0 Å². The summed E-state index contributed by atoms with van der Waals surface area (Å²) in [7, 11) is 1.25. The molecule has 0 aromatic carbocycles. The Labute approximate surface area is 147 Å². The maximum absolute atomic E-state index is 11.7. The summed E-state index contributed by atoms with van der Waals surface area (Å²) in [6.45, 7) is 7.76. The van der Waals surface area contributed by atoms with Crippen molar-refractivity contribution in [1.29, 1.82) is 5.26 Å². The van der Waals surface area contributed by atoms with Crippen LogP contribution in [0.1, 0.15) is 50.3 Å². The number of alkyl carbamates (subject to hydrolysis) is 1. The van der Waals surface area contributed by atoms with Gasteiger partial charge in [-0.15, -0.1) is 0 Å². The zero-order valence-corrected chi connectivity index (χ0v) is 15.2. The number of amides is 1. The summed E-state index contributed by atoms with van der Waals surface area (Å²) < 4.78 is 9.76. The second kappa shape index (κ2) is 8.87. The molecule has 1 aromatic rings. The molecule has 0 unspecified atom stereocenters. The Hall–Kier alpha value is -2.82. The summed E-state index contributed by atoms with van der Waals surface area (Å²) in [5.74, 6) is -0.599. The molecule has 0 spiro atoms. The van der Waals surface area contributed by atoms with Gasteiger partial charge in [0.1, 0.15) is 17.4 Å². The highest BCUT2D eigenvalue weighted by Gasteiger charge is 2.17. The average Bonchev–Trinajstić information content (AvgIpc) is 2.52. The predicted octanol–water partition coefficient (Wildman–Crippen LogP) is 2.46. The number of nitrogens with zero attached hydrogens (tertiary/aromatic N) is 2. The van der Waals surface area contributed by atoms with Crippen LogP contribution in [0, 0.1) is 11.3 Å². The number of methoxy groups -OCH3 is 1. The number of ether oxygens (including phenoxy) is 2. The number of nitriles is 1. The zero-order valence-electron chi connectivity index (χ0n) is 15.2. The molecule has 0 saturated heterocycles. The Balaban J connectivity index is 2.54. The van der Waals surface area contributed by atoms with Crippen LogP contribution in [0.4, 0.5) is 10.5 Å². The summed E-state index contributed by atoms with van der Waals surface area (Å²) in [4.78, 5) is 27.1. The molecular weight excluding hydrogens is 324 g/mol. The van der Waals surface area contributed by atoms with E-state index in [4.69, 9.17) is 10.00 Å². The van der Waals surface area contributed by atoms with E-state index in [9.17, 15) is 9.59 Å². The highest BCUT2D eigenvalue weighted by Crippen LogP contribution is 2.14. The second-order valence-corrected chi connectivity index (χ2v) is 6.46. The van der Waals surface area contributed by atoms with E-state index < -0.39 is 17.7 Å². The van der Waals surface area contributed by atoms with E-state index in [0.29, 0.717) is 18.7 Å². The molecule has 1 rings (SSSR count). The summed E-state index contributed by atoms with van der Waals surface area (Å²) in [6.07, 6.45) is 0.143. The molecule has 25 heavy (non-hydrogen) atoms. The number of hydrogen-bond donors (Lipinski definition) is 2. The highest BCUT2D eigenvalue weighted by molar-refractivity contribution is 5.87. The van der Waals surface area contributed by atoms with Crippen molar-refractivity contribution < 1.29 is 19.1 Å². The Kier molecular flexibility index (Phi) is 7.18. The van der Waals surface area contributed by atoms with Crippen molar-refractivity contribution >= 4 is 17.7 Å². The van der Waals surface area contributed by atoms with Crippen LogP contribution in [0.2, 0.25) is 0 Å². The van der Waals surface area contributed by atoms with E-state index in [2.05, 4.69) is 20.4 Å². The fourth-order valence-electron chi connectivity index (χ4n) is 1.91. The molecule has 0 aliphatic heterocycles. The standard InChI is InChI=1S/C17H24N4O4/c1-11(20-16(23)25-17(2,3)4)8-9-19-12-6-7-13(15(22)24-5)21-14(12)10-18/h6-7,11,19H,8-9H2,1-5H3,(H,20,23)/t11-/m1/s1. The van der Waals surface area contributed by atoms with Crippen LogP contribution >= 0.6 is 0 Å². The van der Waals surface area contributed by atoms with E-state index in [0.717, 1.165) is 0 Å². The number of hydrogen-bond acceptors (Lipinski definition) is 7. The van der Waals surface area contributed by atoms with Gasteiger partial charge in [0, 0.05) is 12.6 Å². The number of rotatable bonds is 6. The molecule has 0 aliphatic carbocycles. The van der Waals surface area contributed by atoms with Crippen LogP contribution in [-0.2, 0) is 9.47 Å². The van der Waals surface area contributed by atoms with E-state index in [1.165, 1.54) is 13.2 Å². The minimum absolute atomic E-state index is 0.0737. The molecule has 8 nitrogen and oxygen atoms in total. The van der Waals surface area contributed by atoms with E-state index >= 15 is 0 Å². The first kappa shape index (κ1) is 20.2. The fraction of sp³-hybridized carbons (Fsp3) is 0.529. The molecule has 0 aliphatic rings. The second-order valence-electron chi connectivity index (χ2n) is 6.46. The Morgan fingerprint density at radius 2 is 2.04 bits per heavy atom. The lowest BCUT2D eigenvalue weighted by Gasteiger charge is -2.22. The molecule has 0 saturated carbocycles. The largest absolute Gasteiger partial charge is 0.464 e. The number of anilines is 1. The maximum Gasteiger partial charge on any atom is 0.407 e. The van der Waals surface area contributed by atoms with E-state index in [-0.39, 0.29) is 17.4 Å². The van der Waals surface area contributed by atoms with Gasteiger partial charge < -0.3 is 20.1 Å². The Morgan fingerprint density at radius 1 is 1.36 bits per heavy atom. The summed E-state index contributed by atoms with van der Waals surface area (Å²) in [5.41, 5.74) is 0.149. The van der Waals surface area contributed by atoms with Gasteiger partial charge in [0.25, 0.3) is 0 Å². The van der Waals surface area contributed by atoms with Crippen molar-refractivity contribution in [3.8, 4) is 6.07 Å². The fourth-order valence-corrected chi connectivity index (χ4v) is 1.91. The van der Waals surface area contributed by atoms with E-state index in [1.807, 2.05) is 13.0 Å². The predicted molar refractivity (Wildman–Crippen MR) is 92.2 cm³/mol. The third-order valence-electron chi connectivity index (χ3n) is 3.05. The number of pyridine rings is 1. The zero-order chi connectivity index (χ0) is 19.0. The number of carbonyl (C=O) groups is 2. The van der Waals surface area contributed by atoms with Gasteiger partial charge >= 0.3 is 12.1 Å². The summed E-state index contributed by atoms with van der Waals surface area (Å²) in [6, 6.07) is 4.91. The maximum atomic E-state index is 11.7. The van der Waals surface area contributed by atoms with Crippen molar-refractivity contribution in [3.63, 3.8) is 0 Å². The third-order valence-corrected chi connectivity index (χ3v) is 3.05. The van der Waals surface area contributed by atoms with Gasteiger partial charge in [0.15, 0.2) is 5.69 Å². The van der Waals surface area contributed by atoms with Crippen molar-refractivity contribution in [3.05, 3.63) is 23.5 Å². The van der Waals surface area contributed by atoms with Gasteiger partial charge in [-0.3, -0.25) is 0 Å². The molecule has 0 fully saturated rings. The van der Waals surface area contributed by atoms with Crippen molar-refractivity contribution in [2.45, 2.75) is 45.8 Å². The molecule has 0 radical (unpaired) electrons. The number of carbonyl (C=O) groups excluding carboxylic acids is 2. The van der Waals surface area contributed by atoms with Crippen molar-refractivity contribution in [1.82, 2.24) is 10.3 Å². The lowest BCUT2D eigenvalue weighted by Crippen LogP contribution is -2.38.